The van der Waals surface area contributed by atoms with Crippen molar-refractivity contribution in [3.05, 3.63) is 34.2 Å². The summed E-state index contributed by atoms with van der Waals surface area (Å²) in [7, 11) is 0. The summed E-state index contributed by atoms with van der Waals surface area (Å²) >= 11 is 1.24. The van der Waals surface area contributed by atoms with Crippen molar-refractivity contribution in [3.63, 3.8) is 0 Å². The van der Waals surface area contributed by atoms with Gasteiger partial charge in [0.1, 0.15) is 13.2 Å². The van der Waals surface area contributed by atoms with E-state index in [9.17, 15) is 9.59 Å². The lowest BCUT2D eigenvalue weighted by molar-refractivity contribution is -0.119. The number of carbonyl (C=O) groups is 1. The molecule has 140 valence electrons. The molecule has 1 aliphatic heterocycles. The van der Waals surface area contributed by atoms with Crippen molar-refractivity contribution in [2.75, 3.05) is 19.0 Å². The Bertz CT molecular complexity index is 832. The van der Waals surface area contributed by atoms with Gasteiger partial charge in [-0.1, -0.05) is 24.8 Å². The molecule has 1 atom stereocenters. The fraction of sp³-hybridized carbons (Fsp3) is 0.471. The van der Waals surface area contributed by atoms with Gasteiger partial charge in [-0.15, -0.1) is 5.10 Å². The standard InChI is InChI=1S/C17H22N4O4S/c1-3-6-21-16(23)19-20-17(21)26-10-15(22)18-11(2)12-4-5-13-14(9-12)25-8-7-24-13/h4-5,9,11H,3,6-8,10H2,1-2H3,(H,18,22)(H,19,23)/t11-/m0/s1. The van der Waals surface area contributed by atoms with Crippen LogP contribution in [-0.2, 0) is 11.3 Å². The summed E-state index contributed by atoms with van der Waals surface area (Å²) in [5.74, 6) is 1.48. The van der Waals surface area contributed by atoms with Crippen LogP contribution in [0.3, 0.4) is 0 Å². The molecule has 0 saturated heterocycles. The average molecular weight is 378 g/mol. The lowest BCUT2D eigenvalue weighted by Gasteiger charge is -2.21. The Morgan fingerprint density at radius 2 is 2.15 bits per heavy atom. The topological polar surface area (TPSA) is 98.2 Å². The smallest absolute Gasteiger partial charge is 0.343 e. The van der Waals surface area contributed by atoms with E-state index in [4.69, 9.17) is 9.47 Å². The number of carbonyl (C=O) groups excluding carboxylic acids is 1. The van der Waals surface area contributed by atoms with Gasteiger partial charge in [-0.3, -0.25) is 9.36 Å². The van der Waals surface area contributed by atoms with Crippen molar-refractivity contribution in [2.45, 2.75) is 38.0 Å². The van der Waals surface area contributed by atoms with Gasteiger partial charge in [-0.2, -0.15) is 0 Å². The number of fused-ring (bicyclic) bond motifs is 1. The fourth-order valence-electron chi connectivity index (χ4n) is 2.66. The molecule has 1 aliphatic rings. The van der Waals surface area contributed by atoms with Crippen molar-refractivity contribution in [1.82, 2.24) is 20.1 Å². The Morgan fingerprint density at radius 3 is 2.92 bits per heavy atom. The number of aromatic amines is 1. The van der Waals surface area contributed by atoms with Crippen LogP contribution in [0.2, 0.25) is 0 Å². The highest BCUT2D eigenvalue weighted by Gasteiger charge is 2.17. The summed E-state index contributed by atoms with van der Waals surface area (Å²) in [4.78, 5) is 23.9. The first-order chi connectivity index (χ1) is 12.6. The molecule has 3 rings (SSSR count). The number of nitrogens with zero attached hydrogens (tertiary/aromatic N) is 2. The number of thioether (sulfide) groups is 1. The summed E-state index contributed by atoms with van der Waals surface area (Å²) in [6, 6.07) is 5.49. The van der Waals surface area contributed by atoms with Crippen molar-refractivity contribution in [3.8, 4) is 11.5 Å². The highest BCUT2D eigenvalue weighted by atomic mass is 32.2. The highest BCUT2D eigenvalue weighted by molar-refractivity contribution is 7.99. The van der Waals surface area contributed by atoms with E-state index in [1.807, 2.05) is 32.0 Å². The zero-order valence-electron chi connectivity index (χ0n) is 14.8. The summed E-state index contributed by atoms with van der Waals surface area (Å²) in [6.07, 6.45) is 0.820. The molecule has 26 heavy (non-hydrogen) atoms. The van der Waals surface area contributed by atoms with E-state index in [-0.39, 0.29) is 23.4 Å². The Balaban J connectivity index is 1.57. The van der Waals surface area contributed by atoms with Crippen LogP contribution in [0.4, 0.5) is 0 Å². The van der Waals surface area contributed by atoms with Crippen LogP contribution >= 0.6 is 11.8 Å². The molecular weight excluding hydrogens is 356 g/mol. The third-order valence-corrected chi connectivity index (χ3v) is 4.92. The van der Waals surface area contributed by atoms with Gasteiger partial charge in [0.05, 0.1) is 11.8 Å². The van der Waals surface area contributed by atoms with E-state index < -0.39 is 0 Å². The number of ether oxygens (including phenoxy) is 2. The van der Waals surface area contributed by atoms with Crippen LogP contribution < -0.4 is 20.5 Å². The van der Waals surface area contributed by atoms with E-state index >= 15 is 0 Å². The maximum Gasteiger partial charge on any atom is 0.343 e. The van der Waals surface area contributed by atoms with Gasteiger partial charge >= 0.3 is 5.69 Å². The molecule has 0 spiro atoms. The van der Waals surface area contributed by atoms with Crippen molar-refractivity contribution >= 4 is 17.7 Å². The number of rotatable bonds is 7. The van der Waals surface area contributed by atoms with Crippen LogP contribution in [0.25, 0.3) is 0 Å². The highest BCUT2D eigenvalue weighted by Crippen LogP contribution is 2.32. The van der Waals surface area contributed by atoms with Crippen LogP contribution in [0.5, 0.6) is 11.5 Å². The monoisotopic (exact) mass is 378 g/mol. The molecule has 0 radical (unpaired) electrons. The number of H-pyrrole nitrogens is 1. The van der Waals surface area contributed by atoms with Crippen LogP contribution in [-0.4, -0.2) is 39.6 Å². The quantitative estimate of drug-likeness (QED) is 0.712. The second kappa shape index (κ2) is 8.31. The molecule has 2 aromatic rings. The predicted molar refractivity (Wildman–Crippen MR) is 97.9 cm³/mol. The summed E-state index contributed by atoms with van der Waals surface area (Å²) in [6.45, 7) is 5.54. The number of benzene rings is 1. The second-order valence-electron chi connectivity index (χ2n) is 5.94. The number of nitrogens with one attached hydrogen (secondary N) is 2. The van der Waals surface area contributed by atoms with E-state index in [1.165, 1.54) is 11.8 Å². The minimum absolute atomic E-state index is 0.129. The van der Waals surface area contributed by atoms with E-state index in [2.05, 4.69) is 15.5 Å². The van der Waals surface area contributed by atoms with Gasteiger partial charge in [0, 0.05) is 6.54 Å². The van der Waals surface area contributed by atoms with Crippen LogP contribution in [0.15, 0.2) is 28.2 Å². The van der Waals surface area contributed by atoms with Gasteiger partial charge < -0.3 is 14.8 Å². The molecular formula is C17H22N4O4S. The normalized spacial score (nSPS) is 14.1. The van der Waals surface area contributed by atoms with E-state index in [0.29, 0.717) is 30.7 Å². The number of amides is 1. The number of aromatic nitrogens is 3. The largest absolute Gasteiger partial charge is 0.486 e. The first-order valence-electron chi connectivity index (χ1n) is 8.55. The minimum atomic E-state index is -0.251. The third-order valence-electron chi connectivity index (χ3n) is 3.95. The Kier molecular flexibility index (Phi) is 5.87. The molecule has 0 bridgehead atoms. The lowest BCUT2D eigenvalue weighted by Crippen LogP contribution is -2.28. The Labute approximate surface area is 155 Å². The number of hydrogen-bond acceptors (Lipinski definition) is 6. The van der Waals surface area contributed by atoms with E-state index in [0.717, 1.165) is 17.7 Å². The molecule has 2 heterocycles. The second-order valence-corrected chi connectivity index (χ2v) is 6.89. The summed E-state index contributed by atoms with van der Waals surface area (Å²) < 4.78 is 12.6. The molecule has 0 saturated carbocycles. The first kappa shape index (κ1) is 18.4. The first-order valence-corrected chi connectivity index (χ1v) is 9.54. The average Bonchev–Trinajstić information content (AvgIpc) is 3.00. The van der Waals surface area contributed by atoms with Gasteiger partial charge in [-0.25, -0.2) is 9.89 Å². The third kappa shape index (κ3) is 4.21. The maximum absolute atomic E-state index is 12.3. The van der Waals surface area contributed by atoms with Crippen LogP contribution in [0.1, 0.15) is 31.9 Å². The van der Waals surface area contributed by atoms with Gasteiger partial charge in [0.2, 0.25) is 5.91 Å². The minimum Gasteiger partial charge on any atom is -0.486 e. The SMILES string of the molecule is CCCn1c(SCC(=O)N[C@@H](C)c2ccc3c(c2)OCCO3)n[nH]c1=O. The molecule has 0 fully saturated rings. The van der Waals surface area contributed by atoms with Crippen molar-refractivity contribution < 1.29 is 14.3 Å². The molecule has 0 aliphatic carbocycles. The fourth-order valence-corrected chi connectivity index (χ4v) is 3.44. The Hall–Kier alpha value is -2.42. The van der Waals surface area contributed by atoms with Gasteiger partial charge in [0.15, 0.2) is 16.7 Å². The lowest BCUT2D eigenvalue weighted by atomic mass is 10.1. The Morgan fingerprint density at radius 1 is 1.38 bits per heavy atom. The summed E-state index contributed by atoms with van der Waals surface area (Å²) in [5, 5.41) is 9.87. The summed E-state index contributed by atoms with van der Waals surface area (Å²) in [5.41, 5.74) is 0.690. The zero-order chi connectivity index (χ0) is 18.5. The molecule has 9 heteroatoms. The zero-order valence-corrected chi connectivity index (χ0v) is 15.6. The molecule has 1 aromatic heterocycles. The number of hydrogen-bond donors (Lipinski definition) is 2. The molecule has 1 aromatic carbocycles. The van der Waals surface area contributed by atoms with Crippen molar-refractivity contribution in [2.24, 2.45) is 0 Å². The van der Waals surface area contributed by atoms with Gasteiger partial charge in [0.25, 0.3) is 0 Å². The van der Waals surface area contributed by atoms with Crippen LogP contribution in [0, 0.1) is 0 Å². The molecule has 0 unspecified atom stereocenters. The molecule has 1 amide bonds. The van der Waals surface area contributed by atoms with Gasteiger partial charge in [-0.05, 0) is 31.0 Å². The van der Waals surface area contributed by atoms with E-state index in [1.54, 1.807) is 4.57 Å². The maximum atomic E-state index is 12.3. The molecule has 2 N–H and O–H groups in total. The van der Waals surface area contributed by atoms with Crippen molar-refractivity contribution in [1.29, 1.82) is 0 Å². The molecule has 8 nitrogen and oxygen atoms in total. The predicted octanol–water partition coefficient (Wildman–Crippen LogP) is 1.72.